The average molecular weight is 508 g/mol. The van der Waals surface area contributed by atoms with Gasteiger partial charge >= 0.3 is 0 Å². The number of hydrogen-bond acceptors (Lipinski definition) is 5. The van der Waals surface area contributed by atoms with Gasteiger partial charge in [-0.1, -0.05) is 37.0 Å². The predicted octanol–water partition coefficient (Wildman–Crippen LogP) is 6.57. The highest BCUT2D eigenvalue weighted by Crippen LogP contribution is 2.40. The smallest absolute Gasteiger partial charge is 0.255 e. The van der Waals surface area contributed by atoms with E-state index in [1.165, 1.54) is 36.4 Å². The van der Waals surface area contributed by atoms with Crippen molar-refractivity contribution in [2.75, 3.05) is 18.7 Å². The van der Waals surface area contributed by atoms with Gasteiger partial charge < -0.3 is 14.8 Å². The molecule has 0 unspecified atom stereocenters. The minimum Gasteiger partial charge on any atom is -0.496 e. The summed E-state index contributed by atoms with van der Waals surface area (Å²) in [6, 6.07) is 14.1. The van der Waals surface area contributed by atoms with Gasteiger partial charge in [-0.2, -0.15) is 0 Å². The highest BCUT2D eigenvalue weighted by atomic mass is 35.5. The Morgan fingerprint density at radius 2 is 1.58 bits per heavy atom. The molecule has 33 heavy (non-hydrogen) atoms. The molecular weight excluding hydrogens is 485 g/mol. The lowest BCUT2D eigenvalue weighted by Crippen LogP contribution is -2.12. The predicted molar refractivity (Wildman–Crippen MR) is 131 cm³/mol. The zero-order valence-corrected chi connectivity index (χ0v) is 20.8. The molecule has 0 spiro atoms. The Kier molecular flexibility index (Phi) is 7.57. The number of nitrogens with one attached hydrogen (secondary N) is 1. The number of ether oxygens (including phenoxy) is 2. The van der Waals surface area contributed by atoms with Crippen molar-refractivity contribution in [1.29, 1.82) is 0 Å². The van der Waals surface area contributed by atoms with E-state index in [0.29, 0.717) is 11.4 Å². The van der Waals surface area contributed by atoms with Gasteiger partial charge in [0.1, 0.15) is 11.5 Å². The van der Waals surface area contributed by atoms with Crippen molar-refractivity contribution in [3.8, 4) is 17.2 Å². The van der Waals surface area contributed by atoms with Crippen LogP contribution < -0.4 is 14.8 Å². The molecule has 174 valence electrons. The van der Waals surface area contributed by atoms with E-state index in [0.717, 1.165) is 17.6 Å². The van der Waals surface area contributed by atoms with Gasteiger partial charge in [-0.25, -0.2) is 8.42 Å². The quantitative estimate of drug-likeness (QED) is 0.390. The molecule has 9 heteroatoms. The van der Waals surface area contributed by atoms with Gasteiger partial charge in [0.15, 0.2) is 15.6 Å². The second-order valence-electron chi connectivity index (χ2n) is 7.68. The van der Waals surface area contributed by atoms with Gasteiger partial charge in [0.2, 0.25) is 0 Å². The molecule has 0 aromatic heterocycles. The van der Waals surface area contributed by atoms with E-state index in [1.807, 2.05) is 26.0 Å². The minimum absolute atomic E-state index is 0.130. The molecule has 0 atom stereocenters. The van der Waals surface area contributed by atoms with Crippen LogP contribution in [0.3, 0.4) is 0 Å². The summed E-state index contributed by atoms with van der Waals surface area (Å²) in [5.74, 6) is 1.35. The summed E-state index contributed by atoms with van der Waals surface area (Å²) in [6.45, 7) is 4.10. The number of hydrogen-bond donors (Lipinski definition) is 1. The molecule has 0 radical (unpaired) electrons. The van der Waals surface area contributed by atoms with Gasteiger partial charge in [0.25, 0.3) is 5.91 Å². The fraction of sp³-hybridized carbons (Fsp3) is 0.208. The van der Waals surface area contributed by atoms with Crippen molar-refractivity contribution in [3.63, 3.8) is 0 Å². The lowest BCUT2D eigenvalue weighted by molar-refractivity contribution is 0.102. The van der Waals surface area contributed by atoms with Crippen LogP contribution in [0.2, 0.25) is 10.0 Å². The molecule has 0 aliphatic rings. The molecule has 0 saturated carbocycles. The van der Waals surface area contributed by atoms with Crippen molar-refractivity contribution in [2.45, 2.75) is 24.7 Å². The molecular formula is C24H23Cl2NO5S. The third-order valence-corrected chi connectivity index (χ3v) is 6.53. The molecule has 0 saturated heterocycles. The molecule has 0 bridgehead atoms. The van der Waals surface area contributed by atoms with Crippen molar-refractivity contribution < 1.29 is 22.7 Å². The van der Waals surface area contributed by atoms with E-state index in [9.17, 15) is 13.2 Å². The lowest BCUT2D eigenvalue weighted by atomic mass is 10.0. The van der Waals surface area contributed by atoms with Gasteiger partial charge in [0.05, 0.1) is 22.1 Å². The van der Waals surface area contributed by atoms with Crippen molar-refractivity contribution in [2.24, 2.45) is 0 Å². The van der Waals surface area contributed by atoms with Crippen LogP contribution in [0.4, 0.5) is 5.69 Å². The number of sulfone groups is 1. The van der Waals surface area contributed by atoms with Gasteiger partial charge in [-0.05, 0) is 60.5 Å². The number of halogens is 2. The number of carbonyl (C=O) groups is 1. The van der Waals surface area contributed by atoms with E-state index in [4.69, 9.17) is 32.7 Å². The molecule has 0 heterocycles. The summed E-state index contributed by atoms with van der Waals surface area (Å²) >= 11 is 12.8. The Hall–Kier alpha value is -2.74. The molecule has 0 fully saturated rings. The summed E-state index contributed by atoms with van der Waals surface area (Å²) in [4.78, 5) is 12.7. The van der Waals surface area contributed by atoms with Crippen LogP contribution in [-0.4, -0.2) is 27.7 Å². The molecule has 3 aromatic carbocycles. The van der Waals surface area contributed by atoms with E-state index < -0.39 is 15.7 Å². The van der Waals surface area contributed by atoms with E-state index in [1.54, 1.807) is 13.2 Å². The summed E-state index contributed by atoms with van der Waals surface area (Å²) in [7, 11) is -1.73. The number of carbonyl (C=O) groups excluding carboxylic acids is 1. The van der Waals surface area contributed by atoms with Gasteiger partial charge in [0, 0.05) is 23.1 Å². The fourth-order valence-corrected chi connectivity index (χ4v) is 4.33. The highest BCUT2D eigenvalue weighted by molar-refractivity contribution is 7.90. The van der Waals surface area contributed by atoms with E-state index in [-0.39, 0.29) is 32.2 Å². The van der Waals surface area contributed by atoms with Crippen LogP contribution in [0.5, 0.6) is 17.2 Å². The molecule has 1 amide bonds. The highest BCUT2D eigenvalue weighted by Gasteiger charge is 2.16. The Bertz CT molecular complexity index is 1270. The Morgan fingerprint density at radius 3 is 2.09 bits per heavy atom. The summed E-state index contributed by atoms with van der Waals surface area (Å²) < 4.78 is 34.5. The number of benzene rings is 3. The minimum atomic E-state index is -3.35. The molecule has 3 aromatic rings. The first-order valence-corrected chi connectivity index (χ1v) is 12.6. The van der Waals surface area contributed by atoms with Crippen LogP contribution >= 0.6 is 23.2 Å². The van der Waals surface area contributed by atoms with Crippen LogP contribution in [-0.2, 0) is 9.84 Å². The maximum absolute atomic E-state index is 12.5. The molecule has 3 rings (SSSR count). The number of rotatable bonds is 7. The zero-order valence-electron chi connectivity index (χ0n) is 18.5. The summed E-state index contributed by atoms with van der Waals surface area (Å²) in [6.07, 6.45) is 1.10. The third-order valence-electron chi connectivity index (χ3n) is 4.84. The fourth-order valence-electron chi connectivity index (χ4n) is 3.13. The second-order valence-corrected chi connectivity index (χ2v) is 10.5. The van der Waals surface area contributed by atoms with Gasteiger partial charge in [-0.3, -0.25) is 4.79 Å². The van der Waals surface area contributed by atoms with E-state index >= 15 is 0 Å². The summed E-state index contributed by atoms with van der Waals surface area (Å²) in [5.41, 5.74) is 1.63. The lowest BCUT2D eigenvalue weighted by Gasteiger charge is -2.16. The average Bonchev–Trinajstić information content (AvgIpc) is 2.75. The number of anilines is 1. The summed E-state index contributed by atoms with van der Waals surface area (Å²) in [5, 5.41) is 3.13. The SMILES string of the molecule is COc1ccc(Oc2c(Cl)cc(NC(=O)c3ccc(S(C)(=O)=O)cc3)cc2Cl)cc1C(C)C. The largest absolute Gasteiger partial charge is 0.496 e. The number of methoxy groups -OCH3 is 1. The Morgan fingerprint density at radius 1 is 0.970 bits per heavy atom. The first kappa shape index (κ1) is 24.9. The molecule has 0 aliphatic carbocycles. The topological polar surface area (TPSA) is 81.7 Å². The standard InChI is InChI=1S/C24H23Cl2NO5S/c1-14(2)19-13-17(7-10-22(19)31-3)32-23-20(25)11-16(12-21(23)26)27-24(28)15-5-8-18(9-6-15)33(4,29)30/h5-14H,1-4H3,(H,27,28). The zero-order chi connectivity index (χ0) is 24.3. The maximum Gasteiger partial charge on any atom is 0.255 e. The van der Waals surface area contributed by atoms with Crippen molar-refractivity contribution in [3.05, 3.63) is 75.8 Å². The molecule has 6 nitrogen and oxygen atoms in total. The Balaban J connectivity index is 1.80. The second kappa shape index (κ2) is 10.0. The van der Waals surface area contributed by atoms with Crippen LogP contribution in [0.15, 0.2) is 59.5 Å². The normalized spacial score (nSPS) is 11.4. The van der Waals surface area contributed by atoms with Gasteiger partial charge in [-0.15, -0.1) is 0 Å². The maximum atomic E-state index is 12.5. The molecule has 0 aliphatic heterocycles. The van der Waals surface area contributed by atoms with Crippen LogP contribution in [0.25, 0.3) is 0 Å². The first-order chi connectivity index (χ1) is 15.5. The Labute approximate surface area is 203 Å². The van der Waals surface area contributed by atoms with Crippen LogP contribution in [0, 0.1) is 0 Å². The van der Waals surface area contributed by atoms with Crippen LogP contribution in [0.1, 0.15) is 35.7 Å². The monoisotopic (exact) mass is 507 g/mol. The third kappa shape index (κ3) is 5.99. The number of amides is 1. The first-order valence-electron chi connectivity index (χ1n) is 9.96. The molecule has 1 N–H and O–H groups in total. The van der Waals surface area contributed by atoms with Crippen molar-refractivity contribution >= 4 is 44.6 Å². The van der Waals surface area contributed by atoms with Crippen molar-refractivity contribution in [1.82, 2.24) is 0 Å². The van der Waals surface area contributed by atoms with E-state index in [2.05, 4.69) is 5.32 Å².